The van der Waals surface area contributed by atoms with E-state index in [4.69, 9.17) is 52.4 Å². The maximum atomic E-state index is 14.8. The van der Waals surface area contributed by atoms with Crippen molar-refractivity contribution < 1.29 is 93.5 Å². The second-order valence-corrected chi connectivity index (χ2v) is 40.9. The van der Waals surface area contributed by atoms with Crippen molar-refractivity contribution in [2.75, 3.05) is 46.8 Å². The van der Waals surface area contributed by atoms with E-state index in [1.165, 1.54) is 33.3 Å². The molecular weight excluding hydrogens is 1600 g/mol. The van der Waals surface area contributed by atoms with E-state index < -0.39 is 142 Å². The molecule has 5 aliphatic carbocycles. The molecule has 5 heterocycles. The first-order chi connectivity index (χ1) is 55.9. The predicted molar refractivity (Wildman–Crippen MR) is 444 cm³/mol. The molecule has 5 saturated carbocycles. The summed E-state index contributed by atoms with van der Waals surface area (Å²) in [6.45, 7) is 22.3. The number of pyridine rings is 2. The van der Waals surface area contributed by atoms with E-state index in [9.17, 15) is 56.0 Å². The largest absolute Gasteiger partial charge is 0.497 e. The number of benzene rings is 3. The summed E-state index contributed by atoms with van der Waals surface area (Å²) in [5.74, 6) is -2.53. The number of alkyl carbamates (subject to hydrolysis) is 2. The molecule has 118 heavy (non-hydrogen) atoms. The third-order valence-corrected chi connectivity index (χ3v) is 29.8. The zero-order valence-corrected chi connectivity index (χ0v) is 72.0. The van der Waals surface area contributed by atoms with Gasteiger partial charge < -0.3 is 69.7 Å². The van der Waals surface area contributed by atoms with Gasteiger partial charge in [0.2, 0.25) is 33.7 Å². The number of amides is 7. The third kappa shape index (κ3) is 19.9. The summed E-state index contributed by atoms with van der Waals surface area (Å²) in [6.07, 6.45) is 7.01. The number of nitrogens with zero attached hydrogens (tertiary/aromatic N) is 5. The third-order valence-electron chi connectivity index (χ3n) is 22.5. The van der Waals surface area contributed by atoms with Gasteiger partial charge in [-0.25, -0.2) is 37.5 Å². The molecule has 0 radical (unpaired) electrons. The van der Waals surface area contributed by atoms with Crippen LogP contribution in [-0.2, 0) is 61.6 Å². The van der Waals surface area contributed by atoms with Crippen molar-refractivity contribution in [2.24, 2.45) is 22.7 Å². The Kier molecular flexibility index (Phi) is 26.5. The van der Waals surface area contributed by atoms with E-state index in [2.05, 4.69) is 44.8 Å². The van der Waals surface area contributed by atoms with Crippen LogP contribution < -0.4 is 55.1 Å². The molecule has 32 nitrogen and oxygen atoms in total. The first kappa shape index (κ1) is 88.0. The summed E-state index contributed by atoms with van der Waals surface area (Å²) in [4.78, 5) is 127. The van der Waals surface area contributed by atoms with Crippen LogP contribution in [0.25, 0.3) is 44.5 Å². The van der Waals surface area contributed by atoms with E-state index in [0.717, 1.165) is 76.3 Å². The molecule has 0 bridgehead atoms. The lowest BCUT2D eigenvalue weighted by Gasteiger charge is -2.35. The van der Waals surface area contributed by atoms with Gasteiger partial charge in [-0.1, -0.05) is 84.0 Å². The number of sulfonamides is 1. The summed E-state index contributed by atoms with van der Waals surface area (Å²) in [7, 11) is -7.60. The van der Waals surface area contributed by atoms with Crippen molar-refractivity contribution in [1.82, 2.24) is 55.6 Å². The molecule has 3 aromatic carbocycles. The number of thiazole rings is 1. The van der Waals surface area contributed by atoms with Gasteiger partial charge in [-0.3, -0.25) is 42.7 Å². The molecule has 1 unspecified atom stereocenters. The summed E-state index contributed by atoms with van der Waals surface area (Å²) in [6, 6.07) is 19.4. The fourth-order valence-electron chi connectivity index (χ4n) is 15.6. The average Bonchev–Trinajstić information content (AvgIpc) is 1.55. The quantitative estimate of drug-likeness (QED) is 0.0153. The number of aromatic nitrogens is 3. The molecule has 7 aliphatic rings. The van der Waals surface area contributed by atoms with E-state index in [0.29, 0.717) is 74.7 Å². The Bertz CT molecular complexity index is 5000. The van der Waals surface area contributed by atoms with Gasteiger partial charge in [-0.2, -0.15) is 0 Å². The number of anilines is 1. The molecule has 638 valence electrons. The molecule has 13 rings (SSSR count). The van der Waals surface area contributed by atoms with E-state index in [-0.39, 0.29) is 57.0 Å². The molecule has 36 heteroatoms. The zero-order chi connectivity index (χ0) is 85.2. The van der Waals surface area contributed by atoms with Crippen molar-refractivity contribution in [3.05, 3.63) is 110 Å². The van der Waals surface area contributed by atoms with Gasteiger partial charge >= 0.3 is 27.5 Å². The van der Waals surface area contributed by atoms with Gasteiger partial charge in [0, 0.05) is 90.9 Å². The monoisotopic (exact) mass is 1710 g/mol. The fraction of sp³-hybridized carbons (Fsp3) is 0.537. The Hall–Kier alpha value is -9.27. The predicted octanol–water partition coefficient (Wildman–Crippen LogP) is 11.8. The number of methoxy groups -OCH3 is 2. The lowest BCUT2D eigenvalue weighted by molar-refractivity contribution is -0.143. The van der Waals surface area contributed by atoms with Crippen LogP contribution in [0, 0.1) is 22.7 Å². The van der Waals surface area contributed by atoms with Gasteiger partial charge in [-0.15, -0.1) is 29.0 Å². The molecule has 0 spiro atoms. The Morgan fingerprint density at radius 3 is 1.54 bits per heavy atom. The molecule has 3 aromatic heterocycles. The Balaban J connectivity index is 0.000000217. The van der Waals surface area contributed by atoms with Crippen LogP contribution in [0.5, 0.6) is 23.0 Å². The number of rotatable bonds is 30. The van der Waals surface area contributed by atoms with Gasteiger partial charge in [-0.05, 0) is 126 Å². The van der Waals surface area contributed by atoms with Crippen LogP contribution in [0.1, 0.15) is 145 Å². The molecule has 2 aliphatic heterocycles. The van der Waals surface area contributed by atoms with E-state index in [1.807, 2.05) is 87.0 Å². The van der Waals surface area contributed by atoms with Gasteiger partial charge in [0.15, 0.2) is 5.13 Å². The number of likely N-dealkylation sites (tertiary alicyclic amines) is 2. The smallest absolute Gasteiger partial charge is 0.434 e. The van der Waals surface area contributed by atoms with Gasteiger partial charge in [0.1, 0.15) is 88.1 Å². The standard InChI is InChI=1S/C41H56N7O10PS.C41H52N5O10PS/c1-10-24-20-41(24,37(51)47-59(53,55-8)56-9)46-35(49)32-18-27(21-48(32)36(50)34(40(4,5)6)45-39(52)58-25-13-11-12-14-25)57-33-19-30(31-22-60-38(44-31)42-23(2)3)43-29-17-26(54-7)15-16-28(29)33;1-6-26-23-41(26,57(50,51)45-58(52,53)30-17-18-30)44-37(47)34-21-29(24-46(34)38(48)36(40(2,3)4)43-39(49)56-27-14-10-11-15-27)55-35-22-32(25-12-8-7-9-13-25)42-33-20-28(54-5)16-19-31(33)35/h10,15-17,19,22-25,27,32,34H,1,11-14,18,20-21H2,2-9H3,(H,42,44)(H,45,52)(H,46,49)(H,47,51,53);6-9,12-13,16,19-20,22,26-27,29-30,34,36H,1,10-11,14-15,17-18,21,23-24H2,2-5H3,(H,43,49)(H,44,47)(H2,45,50,51)/t24-,27-,32+,34-,41-;26-,29-,34+,36-,41+/m11/s1. The van der Waals surface area contributed by atoms with E-state index >= 15 is 0 Å². The Morgan fingerprint density at radius 2 is 1.10 bits per heavy atom. The van der Waals surface area contributed by atoms with Crippen molar-refractivity contribution in [3.8, 4) is 45.6 Å². The number of carbonyl (C=O) groups is 7. The minimum Gasteiger partial charge on any atom is -0.497 e. The van der Waals surface area contributed by atoms with Crippen LogP contribution in [0.2, 0.25) is 0 Å². The second-order valence-electron chi connectivity index (χ2n) is 33.6. The minimum atomic E-state index is -4.82. The summed E-state index contributed by atoms with van der Waals surface area (Å²) < 4.78 is 100. The number of fused-ring (bicyclic) bond motifs is 2. The van der Waals surface area contributed by atoms with Crippen molar-refractivity contribution in [2.45, 2.75) is 216 Å². The highest BCUT2D eigenvalue weighted by atomic mass is 32.2. The van der Waals surface area contributed by atoms with Crippen LogP contribution in [-0.4, -0.2) is 192 Å². The normalized spacial score (nSPS) is 23.6. The summed E-state index contributed by atoms with van der Waals surface area (Å²) in [5, 5.41) is 18.0. The van der Waals surface area contributed by atoms with Gasteiger partial charge in [0.25, 0.3) is 5.91 Å². The van der Waals surface area contributed by atoms with Gasteiger partial charge in [0.05, 0.1) is 55.0 Å². The van der Waals surface area contributed by atoms with E-state index in [1.54, 1.807) is 71.4 Å². The Morgan fingerprint density at radius 1 is 0.619 bits per heavy atom. The number of carbonyl (C=O) groups excluding carboxylic acids is 7. The maximum Gasteiger partial charge on any atom is 0.434 e. The van der Waals surface area contributed by atoms with Crippen molar-refractivity contribution in [1.29, 1.82) is 0 Å². The highest BCUT2D eigenvalue weighted by molar-refractivity contribution is 7.96. The maximum absolute atomic E-state index is 14.8. The number of nitrogens with one attached hydrogen (secondary N) is 7. The zero-order valence-electron chi connectivity index (χ0n) is 68.5. The first-order valence-corrected chi connectivity index (χ1v) is 45.4. The van der Waals surface area contributed by atoms with Crippen molar-refractivity contribution in [3.63, 3.8) is 0 Å². The highest BCUT2D eigenvalue weighted by Crippen LogP contribution is 2.68. The topological polar surface area (TPSA) is 411 Å². The highest BCUT2D eigenvalue weighted by Gasteiger charge is 2.68. The van der Waals surface area contributed by atoms with Crippen LogP contribution in [0.15, 0.2) is 110 Å². The molecule has 7 fully saturated rings. The lowest BCUT2D eigenvalue weighted by Crippen LogP contribution is -2.60. The van der Waals surface area contributed by atoms with Crippen LogP contribution in [0.4, 0.5) is 14.7 Å². The minimum absolute atomic E-state index is 0.0144. The van der Waals surface area contributed by atoms with Crippen molar-refractivity contribution >= 4 is 105 Å². The molecule has 6 aromatic rings. The molecule has 2 saturated heterocycles. The molecule has 8 N–H and O–H groups in total. The lowest BCUT2D eigenvalue weighted by atomic mass is 9.85. The summed E-state index contributed by atoms with van der Waals surface area (Å²) in [5.41, 5.74) is 0.579. The van der Waals surface area contributed by atoms with Crippen LogP contribution >= 0.6 is 26.6 Å². The Labute approximate surface area is 691 Å². The molecule has 11 atom stereocenters. The average molecular weight is 1710 g/mol. The molecular formula is C82H108N12O20P2S2. The SMILES string of the molecule is C=C[C@@H]1C[C@]1(NC(=O)[C@@H]1C[C@@H](Oc2cc(-c3ccccc3)nc3cc(OC)ccc23)CN1C(=O)[C@@H](NC(=O)OC1CCCC1)C(C)(C)C)P(=O)(O)NS(=O)(=O)C1CC1.C=C[C@@H]1C[C@]1(NC(=O)[C@@H]1C[C@@H](Oc2cc(-c3csc(NC(C)C)n3)nc3cc(OC)ccc23)CN1C(=O)[C@@H](NC(=O)OC1CCCC1)C(C)(C)C)C(=O)NP(=O)(OC)OC. The summed E-state index contributed by atoms with van der Waals surface area (Å²) >= 11 is 1.45. The number of hydrogen-bond donors (Lipinski definition) is 8. The van der Waals surface area contributed by atoms with Crippen LogP contribution in [0.3, 0.4) is 0 Å². The second kappa shape index (κ2) is 35.6. The molecule has 7 amide bonds. The number of hydrogen-bond acceptors (Lipinski definition) is 24. The first-order valence-electron chi connectivity index (χ1n) is 39.8. The number of ether oxygens (including phenoxy) is 6. The fourth-order valence-corrected chi connectivity index (χ4v) is 21.9.